The van der Waals surface area contributed by atoms with Gasteiger partial charge in [0.1, 0.15) is 11.5 Å². The number of anilines is 1. The van der Waals surface area contributed by atoms with E-state index in [0.717, 1.165) is 0 Å². The van der Waals surface area contributed by atoms with Crippen molar-refractivity contribution in [1.29, 1.82) is 0 Å². The summed E-state index contributed by atoms with van der Waals surface area (Å²) < 4.78 is 1.67. The van der Waals surface area contributed by atoms with Crippen LogP contribution >= 0.6 is 11.6 Å². The van der Waals surface area contributed by atoms with Crippen LogP contribution in [-0.2, 0) is 23.8 Å². The largest absolute Gasteiger partial charge is 0.504 e. The first-order chi connectivity index (χ1) is 14.5. The Morgan fingerprint density at radius 2 is 2.06 bits per heavy atom. The second-order valence-corrected chi connectivity index (χ2v) is 8.93. The standard InChI is InChI=1S/C21H27ClN6O3/c1-6-17(30)28-10-12(11-28)25-20(31)14-8-23-16(27(14)5)9-24-19-15(29)7-13(22)18(26-19)21(2,3)4/h6-8,12,29H,1,9-11H2,2-5H3,(H,24,26)(H,25,31). The summed E-state index contributed by atoms with van der Waals surface area (Å²) in [4.78, 5) is 34.4. The van der Waals surface area contributed by atoms with Gasteiger partial charge in [0, 0.05) is 31.6 Å². The molecule has 2 amide bonds. The van der Waals surface area contributed by atoms with Crippen LogP contribution in [0.5, 0.6) is 5.75 Å². The number of halogens is 1. The first-order valence-electron chi connectivity index (χ1n) is 9.88. The molecule has 2 aromatic heterocycles. The highest BCUT2D eigenvalue weighted by Gasteiger charge is 2.31. The lowest BCUT2D eigenvalue weighted by Crippen LogP contribution is -2.60. The first kappa shape index (κ1) is 22.6. The summed E-state index contributed by atoms with van der Waals surface area (Å²) in [6.45, 7) is 10.6. The van der Waals surface area contributed by atoms with Crippen LogP contribution < -0.4 is 10.6 Å². The second kappa shape index (κ2) is 8.58. The number of imidazole rings is 1. The van der Waals surface area contributed by atoms with Crippen LogP contribution in [0, 0.1) is 0 Å². The van der Waals surface area contributed by atoms with Crippen LogP contribution in [0.15, 0.2) is 24.9 Å². The van der Waals surface area contributed by atoms with Crippen LogP contribution in [0.1, 0.15) is 42.8 Å². The number of hydrogen-bond donors (Lipinski definition) is 3. The van der Waals surface area contributed by atoms with Gasteiger partial charge in [-0.05, 0) is 6.08 Å². The Bertz CT molecular complexity index is 1020. The zero-order valence-corrected chi connectivity index (χ0v) is 18.8. The van der Waals surface area contributed by atoms with Crippen LogP contribution in [0.3, 0.4) is 0 Å². The first-order valence-corrected chi connectivity index (χ1v) is 10.3. The van der Waals surface area contributed by atoms with Gasteiger partial charge in [-0.2, -0.15) is 0 Å². The van der Waals surface area contributed by atoms with Crippen LogP contribution in [0.4, 0.5) is 5.82 Å². The molecule has 1 aliphatic rings. The van der Waals surface area contributed by atoms with Crippen molar-refractivity contribution in [3.63, 3.8) is 0 Å². The average molecular weight is 447 g/mol. The van der Waals surface area contributed by atoms with E-state index >= 15 is 0 Å². The van der Waals surface area contributed by atoms with Gasteiger partial charge in [0.15, 0.2) is 11.6 Å². The second-order valence-electron chi connectivity index (χ2n) is 8.53. The van der Waals surface area contributed by atoms with E-state index in [-0.39, 0.29) is 35.6 Å². The highest BCUT2D eigenvalue weighted by molar-refractivity contribution is 6.31. The number of hydrogen-bond acceptors (Lipinski definition) is 6. The van der Waals surface area contributed by atoms with Crippen molar-refractivity contribution in [2.75, 3.05) is 18.4 Å². The number of amides is 2. The summed E-state index contributed by atoms with van der Waals surface area (Å²) in [5, 5.41) is 16.6. The summed E-state index contributed by atoms with van der Waals surface area (Å²) in [6.07, 6.45) is 2.75. The van der Waals surface area contributed by atoms with Crippen molar-refractivity contribution in [3.8, 4) is 5.75 Å². The molecule has 1 fully saturated rings. The molecule has 31 heavy (non-hydrogen) atoms. The van der Waals surface area contributed by atoms with Crippen molar-refractivity contribution in [3.05, 3.63) is 47.2 Å². The van der Waals surface area contributed by atoms with E-state index in [1.165, 1.54) is 18.3 Å². The zero-order chi connectivity index (χ0) is 22.9. The highest BCUT2D eigenvalue weighted by atomic mass is 35.5. The molecule has 9 nitrogen and oxygen atoms in total. The predicted octanol–water partition coefficient (Wildman–Crippen LogP) is 2.21. The van der Waals surface area contributed by atoms with E-state index in [2.05, 4.69) is 27.2 Å². The Balaban J connectivity index is 1.64. The predicted molar refractivity (Wildman–Crippen MR) is 118 cm³/mol. The van der Waals surface area contributed by atoms with Gasteiger partial charge < -0.3 is 25.2 Å². The molecule has 0 bridgehead atoms. The van der Waals surface area contributed by atoms with E-state index in [0.29, 0.717) is 41.1 Å². The van der Waals surface area contributed by atoms with Gasteiger partial charge in [0.05, 0.1) is 29.5 Å². The quantitative estimate of drug-likeness (QED) is 0.586. The molecule has 0 saturated carbocycles. The van der Waals surface area contributed by atoms with Crippen molar-refractivity contribution >= 4 is 29.2 Å². The molecular weight excluding hydrogens is 420 g/mol. The maximum atomic E-state index is 12.6. The topological polar surface area (TPSA) is 112 Å². The summed E-state index contributed by atoms with van der Waals surface area (Å²) >= 11 is 6.22. The fourth-order valence-corrected chi connectivity index (χ4v) is 3.69. The molecule has 2 aromatic rings. The molecule has 10 heteroatoms. The number of carbonyl (C=O) groups is 2. The molecule has 0 atom stereocenters. The monoisotopic (exact) mass is 446 g/mol. The molecule has 1 saturated heterocycles. The lowest BCUT2D eigenvalue weighted by Gasteiger charge is -2.38. The van der Waals surface area contributed by atoms with Gasteiger partial charge in [0.2, 0.25) is 5.91 Å². The number of nitrogens with one attached hydrogen (secondary N) is 2. The maximum Gasteiger partial charge on any atom is 0.269 e. The Morgan fingerprint density at radius 3 is 2.68 bits per heavy atom. The number of rotatable bonds is 6. The minimum atomic E-state index is -0.289. The van der Waals surface area contributed by atoms with Crippen LogP contribution in [-0.4, -0.2) is 55.5 Å². The molecule has 0 unspecified atom stereocenters. The molecule has 0 radical (unpaired) electrons. The molecule has 0 aliphatic carbocycles. The fraction of sp³-hybridized carbons (Fsp3) is 0.429. The minimum Gasteiger partial charge on any atom is -0.504 e. The van der Waals surface area contributed by atoms with E-state index < -0.39 is 0 Å². The average Bonchev–Trinajstić information content (AvgIpc) is 3.02. The summed E-state index contributed by atoms with van der Waals surface area (Å²) in [5.41, 5.74) is 0.774. The van der Waals surface area contributed by atoms with Gasteiger partial charge in [-0.15, -0.1) is 0 Å². The number of pyridine rings is 1. The highest BCUT2D eigenvalue weighted by Crippen LogP contribution is 2.34. The third kappa shape index (κ3) is 4.82. The SMILES string of the molecule is C=CC(=O)N1CC(NC(=O)c2cnc(CNc3nc(C(C)(C)C)c(Cl)cc3O)n2C)C1. The van der Waals surface area contributed by atoms with Crippen molar-refractivity contribution in [2.24, 2.45) is 7.05 Å². The lowest BCUT2D eigenvalue weighted by molar-refractivity contribution is -0.130. The molecule has 1 aliphatic heterocycles. The Kier molecular flexibility index (Phi) is 6.26. The van der Waals surface area contributed by atoms with Gasteiger partial charge in [-0.25, -0.2) is 9.97 Å². The van der Waals surface area contributed by atoms with Crippen molar-refractivity contribution in [2.45, 2.75) is 38.8 Å². The molecule has 0 aromatic carbocycles. The number of aromatic hydroxyl groups is 1. The van der Waals surface area contributed by atoms with Gasteiger partial charge in [0.25, 0.3) is 5.91 Å². The summed E-state index contributed by atoms with van der Waals surface area (Å²) in [6, 6.07) is 1.37. The number of aromatic nitrogens is 3. The molecule has 3 rings (SSSR count). The molecule has 3 N–H and O–H groups in total. The van der Waals surface area contributed by atoms with E-state index in [4.69, 9.17) is 11.6 Å². The molecular formula is C21H27ClN6O3. The Hall–Kier alpha value is -3.07. The Labute approximate surface area is 186 Å². The van der Waals surface area contributed by atoms with Gasteiger partial charge >= 0.3 is 0 Å². The smallest absolute Gasteiger partial charge is 0.269 e. The lowest BCUT2D eigenvalue weighted by atomic mass is 9.91. The van der Waals surface area contributed by atoms with Gasteiger partial charge in [-0.3, -0.25) is 9.59 Å². The number of likely N-dealkylation sites (tertiary alicyclic amines) is 1. The van der Waals surface area contributed by atoms with E-state index in [9.17, 15) is 14.7 Å². The minimum absolute atomic E-state index is 0.0613. The van der Waals surface area contributed by atoms with Gasteiger partial charge in [-0.1, -0.05) is 39.0 Å². The van der Waals surface area contributed by atoms with Crippen LogP contribution in [0.2, 0.25) is 5.02 Å². The number of nitrogens with zero attached hydrogens (tertiary/aromatic N) is 4. The number of carbonyl (C=O) groups excluding carboxylic acids is 2. The molecule has 3 heterocycles. The third-order valence-electron chi connectivity index (χ3n) is 5.10. The maximum absolute atomic E-state index is 12.6. The fourth-order valence-electron chi connectivity index (χ4n) is 3.26. The van der Waals surface area contributed by atoms with E-state index in [1.54, 1.807) is 16.5 Å². The molecule has 166 valence electrons. The zero-order valence-electron chi connectivity index (χ0n) is 18.1. The van der Waals surface area contributed by atoms with Crippen molar-refractivity contribution in [1.82, 2.24) is 24.8 Å². The molecule has 0 spiro atoms. The van der Waals surface area contributed by atoms with E-state index in [1.807, 2.05) is 20.8 Å². The van der Waals surface area contributed by atoms with Crippen LogP contribution in [0.25, 0.3) is 0 Å². The summed E-state index contributed by atoms with van der Waals surface area (Å²) in [5.74, 6) is 0.418. The third-order valence-corrected chi connectivity index (χ3v) is 5.39. The normalized spacial score (nSPS) is 14.2. The summed E-state index contributed by atoms with van der Waals surface area (Å²) in [7, 11) is 1.74. The Morgan fingerprint density at radius 1 is 1.39 bits per heavy atom. The van der Waals surface area contributed by atoms with Crippen molar-refractivity contribution < 1.29 is 14.7 Å².